The summed E-state index contributed by atoms with van der Waals surface area (Å²) in [7, 11) is 0. The first-order chi connectivity index (χ1) is 10.8. The van der Waals surface area contributed by atoms with Gasteiger partial charge in [0.15, 0.2) is 0 Å². The zero-order chi connectivity index (χ0) is 17.0. The number of esters is 1. The molecular formula is C17H22ClNO4. The highest BCUT2D eigenvalue weighted by Gasteiger charge is 2.28. The first-order valence-electron chi connectivity index (χ1n) is 7.70. The van der Waals surface area contributed by atoms with Gasteiger partial charge in [0.25, 0.3) is 0 Å². The van der Waals surface area contributed by atoms with Crippen LogP contribution in [0.25, 0.3) is 0 Å². The zero-order valence-corrected chi connectivity index (χ0v) is 14.4. The van der Waals surface area contributed by atoms with Crippen LogP contribution >= 0.6 is 11.6 Å². The van der Waals surface area contributed by atoms with Crippen LogP contribution in [0.5, 0.6) is 0 Å². The molecule has 5 nitrogen and oxygen atoms in total. The standard InChI is InChI=1S/C17H22ClNO4/c1-17(2,3)23-16(21)19-10-8-12(9-11-19)22-15(20)13-6-4-5-7-14(13)18/h4-7,12H,8-11H2,1-3H3. The molecule has 1 saturated heterocycles. The Bertz CT molecular complexity index is 574. The molecule has 0 saturated carbocycles. The van der Waals surface area contributed by atoms with E-state index in [1.165, 1.54) is 0 Å². The number of hydrogen-bond acceptors (Lipinski definition) is 4. The van der Waals surface area contributed by atoms with Crippen molar-refractivity contribution in [3.63, 3.8) is 0 Å². The van der Waals surface area contributed by atoms with E-state index in [4.69, 9.17) is 21.1 Å². The fraction of sp³-hybridized carbons (Fsp3) is 0.529. The fourth-order valence-corrected chi connectivity index (χ4v) is 2.54. The van der Waals surface area contributed by atoms with Gasteiger partial charge in [-0.05, 0) is 32.9 Å². The van der Waals surface area contributed by atoms with Gasteiger partial charge in [-0.15, -0.1) is 0 Å². The van der Waals surface area contributed by atoms with Crippen LogP contribution in [0.3, 0.4) is 0 Å². The maximum Gasteiger partial charge on any atom is 0.410 e. The van der Waals surface area contributed by atoms with Crippen LogP contribution < -0.4 is 0 Å². The molecule has 1 aliphatic heterocycles. The van der Waals surface area contributed by atoms with Crippen molar-refractivity contribution in [1.29, 1.82) is 0 Å². The number of nitrogens with zero attached hydrogens (tertiary/aromatic N) is 1. The van der Waals surface area contributed by atoms with E-state index in [9.17, 15) is 9.59 Å². The highest BCUT2D eigenvalue weighted by atomic mass is 35.5. The smallest absolute Gasteiger partial charge is 0.410 e. The van der Waals surface area contributed by atoms with Crippen molar-refractivity contribution in [2.75, 3.05) is 13.1 Å². The molecule has 0 atom stereocenters. The van der Waals surface area contributed by atoms with Crippen molar-refractivity contribution < 1.29 is 19.1 Å². The number of ether oxygens (including phenoxy) is 2. The van der Waals surface area contributed by atoms with Crippen molar-refractivity contribution in [2.24, 2.45) is 0 Å². The van der Waals surface area contributed by atoms with Crippen LogP contribution in [0, 0.1) is 0 Å². The Morgan fingerprint density at radius 2 is 1.78 bits per heavy atom. The molecule has 0 aromatic heterocycles. The Balaban J connectivity index is 1.84. The summed E-state index contributed by atoms with van der Waals surface area (Å²) >= 11 is 5.99. The van der Waals surface area contributed by atoms with Crippen molar-refractivity contribution in [1.82, 2.24) is 4.90 Å². The number of halogens is 1. The summed E-state index contributed by atoms with van der Waals surface area (Å²) in [5.41, 5.74) is -0.145. The number of benzene rings is 1. The minimum atomic E-state index is -0.509. The molecule has 1 amide bonds. The fourth-order valence-electron chi connectivity index (χ4n) is 2.32. The molecule has 126 valence electrons. The van der Waals surface area contributed by atoms with Gasteiger partial charge in [-0.1, -0.05) is 23.7 Å². The number of piperidine rings is 1. The normalized spacial score (nSPS) is 16.1. The van der Waals surface area contributed by atoms with Crippen LogP contribution in [-0.2, 0) is 9.47 Å². The molecule has 0 unspecified atom stereocenters. The van der Waals surface area contributed by atoms with Crippen LogP contribution in [0.4, 0.5) is 4.79 Å². The second kappa shape index (κ2) is 7.21. The van der Waals surface area contributed by atoms with Crippen molar-refractivity contribution in [3.05, 3.63) is 34.9 Å². The van der Waals surface area contributed by atoms with Gasteiger partial charge in [-0.3, -0.25) is 0 Å². The number of likely N-dealkylation sites (tertiary alicyclic amines) is 1. The van der Waals surface area contributed by atoms with Gasteiger partial charge < -0.3 is 14.4 Å². The van der Waals surface area contributed by atoms with E-state index >= 15 is 0 Å². The lowest BCUT2D eigenvalue weighted by Gasteiger charge is -2.33. The van der Waals surface area contributed by atoms with Crippen molar-refractivity contribution >= 4 is 23.7 Å². The van der Waals surface area contributed by atoms with E-state index in [-0.39, 0.29) is 12.2 Å². The molecule has 1 fully saturated rings. The predicted molar refractivity (Wildman–Crippen MR) is 87.7 cm³/mol. The Kier molecular flexibility index (Phi) is 5.52. The first kappa shape index (κ1) is 17.6. The molecule has 6 heteroatoms. The quantitative estimate of drug-likeness (QED) is 0.767. The average molecular weight is 340 g/mol. The van der Waals surface area contributed by atoms with Gasteiger partial charge in [0.2, 0.25) is 0 Å². The van der Waals surface area contributed by atoms with Gasteiger partial charge in [-0.2, -0.15) is 0 Å². The van der Waals surface area contributed by atoms with E-state index in [0.717, 1.165) is 0 Å². The molecule has 1 heterocycles. The Morgan fingerprint density at radius 3 is 2.35 bits per heavy atom. The summed E-state index contributed by atoms with van der Waals surface area (Å²) in [6.45, 7) is 6.53. The van der Waals surface area contributed by atoms with E-state index < -0.39 is 11.6 Å². The monoisotopic (exact) mass is 339 g/mol. The van der Waals surface area contributed by atoms with E-state index in [1.807, 2.05) is 20.8 Å². The van der Waals surface area contributed by atoms with Crippen molar-refractivity contribution in [3.8, 4) is 0 Å². The molecule has 1 aliphatic rings. The Morgan fingerprint density at radius 1 is 1.17 bits per heavy atom. The number of hydrogen-bond donors (Lipinski definition) is 0. The van der Waals surface area contributed by atoms with Gasteiger partial charge in [0, 0.05) is 25.9 Å². The third-order valence-corrected chi connectivity index (χ3v) is 3.79. The minimum absolute atomic E-state index is 0.211. The topological polar surface area (TPSA) is 55.8 Å². The molecule has 0 aliphatic carbocycles. The maximum atomic E-state index is 12.1. The molecule has 2 rings (SSSR count). The Hall–Kier alpha value is -1.75. The molecular weight excluding hydrogens is 318 g/mol. The molecule has 0 radical (unpaired) electrons. The lowest BCUT2D eigenvalue weighted by Crippen LogP contribution is -2.43. The highest BCUT2D eigenvalue weighted by molar-refractivity contribution is 6.33. The molecule has 23 heavy (non-hydrogen) atoms. The third-order valence-electron chi connectivity index (χ3n) is 3.46. The highest BCUT2D eigenvalue weighted by Crippen LogP contribution is 2.21. The van der Waals surface area contributed by atoms with Crippen LogP contribution in [0.15, 0.2) is 24.3 Å². The predicted octanol–water partition coefficient (Wildman–Crippen LogP) is 3.90. The summed E-state index contributed by atoms with van der Waals surface area (Å²) < 4.78 is 10.8. The van der Waals surface area contributed by atoms with E-state index in [2.05, 4.69) is 0 Å². The second-order valence-electron chi connectivity index (χ2n) is 6.55. The van der Waals surface area contributed by atoms with E-state index in [0.29, 0.717) is 36.5 Å². The van der Waals surface area contributed by atoms with Crippen LogP contribution in [0.1, 0.15) is 44.0 Å². The summed E-state index contributed by atoms with van der Waals surface area (Å²) in [5.74, 6) is -0.425. The van der Waals surface area contributed by atoms with E-state index in [1.54, 1.807) is 29.2 Å². The van der Waals surface area contributed by atoms with Crippen LogP contribution in [0.2, 0.25) is 5.02 Å². The van der Waals surface area contributed by atoms with Gasteiger partial charge in [0.1, 0.15) is 11.7 Å². The minimum Gasteiger partial charge on any atom is -0.459 e. The number of amides is 1. The largest absolute Gasteiger partial charge is 0.459 e. The van der Waals surface area contributed by atoms with Gasteiger partial charge in [0.05, 0.1) is 10.6 Å². The van der Waals surface area contributed by atoms with Crippen LogP contribution in [-0.4, -0.2) is 41.8 Å². The first-order valence-corrected chi connectivity index (χ1v) is 8.07. The second-order valence-corrected chi connectivity index (χ2v) is 6.96. The molecule has 0 spiro atoms. The Labute approximate surface area is 141 Å². The van der Waals surface area contributed by atoms with Gasteiger partial charge >= 0.3 is 12.1 Å². The molecule has 1 aromatic rings. The maximum absolute atomic E-state index is 12.1. The SMILES string of the molecule is CC(C)(C)OC(=O)N1CCC(OC(=O)c2ccccc2Cl)CC1. The number of carbonyl (C=O) groups is 2. The molecule has 1 aromatic carbocycles. The molecule has 0 bridgehead atoms. The van der Waals surface area contributed by atoms with Gasteiger partial charge in [-0.25, -0.2) is 9.59 Å². The summed E-state index contributed by atoms with van der Waals surface area (Å²) in [5, 5.41) is 0.378. The number of carbonyl (C=O) groups excluding carboxylic acids is 2. The summed E-state index contributed by atoms with van der Waals surface area (Å²) in [4.78, 5) is 25.8. The van der Waals surface area contributed by atoms with Crippen molar-refractivity contribution in [2.45, 2.75) is 45.3 Å². The summed E-state index contributed by atoms with van der Waals surface area (Å²) in [6.07, 6.45) is 0.649. The zero-order valence-electron chi connectivity index (χ0n) is 13.7. The average Bonchev–Trinajstić information content (AvgIpc) is 2.46. The summed E-state index contributed by atoms with van der Waals surface area (Å²) in [6, 6.07) is 6.80. The third kappa shape index (κ3) is 5.13. The lowest BCUT2D eigenvalue weighted by atomic mass is 10.1. The lowest BCUT2D eigenvalue weighted by molar-refractivity contribution is -0.00338. The number of rotatable bonds is 2. The molecule has 0 N–H and O–H groups in total.